The van der Waals surface area contributed by atoms with Crippen LogP contribution in [0.3, 0.4) is 0 Å². The molecule has 0 N–H and O–H groups in total. The molecular weight excluding hydrogens is 701 g/mol. The van der Waals surface area contributed by atoms with E-state index in [4.69, 9.17) is 14.2 Å². The molecule has 0 unspecified atom stereocenters. The molecule has 1 saturated carbocycles. The van der Waals surface area contributed by atoms with Gasteiger partial charge in [0.05, 0.1) is 13.2 Å². The lowest BCUT2D eigenvalue weighted by Crippen LogP contribution is -2.11. The molecule has 0 amide bonds. The fourth-order valence-electron chi connectivity index (χ4n) is 4.69. The minimum Gasteiger partial charge on any atom is -0.381 e. The summed E-state index contributed by atoms with van der Waals surface area (Å²) in [6.45, 7) is 9.79. The highest BCUT2D eigenvalue weighted by atomic mass is 19.1. The molecule has 0 spiro atoms. The van der Waals surface area contributed by atoms with Crippen molar-refractivity contribution in [2.24, 2.45) is 0 Å². The van der Waals surface area contributed by atoms with Crippen LogP contribution in [0.25, 0.3) is 0 Å². The molecule has 1 aliphatic carbocycles. The van der Waals surface area contributed by atoms with Crippen LogP contribution in [0.1, 0.15) is 80.9 Å². The lowest BCUT2D eigenvalue weighted by atomic mass is 10.0. The molecule has 300 valence electrons. The first-order chi connectivity index (χ1) is 26.8. The average Bonchev–Trinajstić information content (AvgIpc) is 3.24. The second-order valence-corrected chi connectivity index (χ2v) is 12.9. The molecule has 5 aromatic carbocycles. The topological polar surface area (TPSA) is 27.7 Å². The fraction of sp³-hybridized carbons (Fsp3) is 0.375. The van der Waals surface area contributed by atoms with E-state index in [1.54, 1.807) is 31.2 Å². The van der Waals surface area contributed by atoms with Crippen LogP contribution in [0.5, 0.6) is 0 Å². The summed E-state index contributed by atoms with van der Waals surface area (Å²) in [4.78, 5) is 0. The first-order valence-electron chi connectivity index (χ1n) is 19.4. The molecule has 3 nitrogen and oxygen atoms in total. The summed E-state index contributed by atoms with van der Waals surface area (Å²) >= 11 is 0. The minimum absolute atomic E-state index is 0.162. The number of ether oxygens (including phenoxy) is 3. The molecule has 2 aliphatic heterocycles. The van der Waals surface area contributed by atoms with E-state index in [1.165, 1.54) is 99.7 Å². The normalized spacial score (nSPS) is 13.9. The second-order valence-electron chi connectivity index (χ2n) is 12.9. The third kappa shape index (κ3) is 32.8. The number of rotatable bonds is 0. The maximum Gasteiger partial charge on any atom is 0.146 e. The highest BCUT2D eigenvalue weighted by Gasteiger charge is 1.97. The zero-order chi connectivity index (χ0) is 40.0. The molecule has 0 radical (unpaired) electrons. The fourth-order valence-corrected chi connectivity index (χ4v) is 4.69. The zero-order valence-electron chi connectivity index (χ0n) is 33.1. The van der Waals surface area contributed by atoms with Gasteiger partial charge in [0.1, 0.15) is 30.1 Å². The highest BCUT2D eigenvalue weighted by molar-refractivity contribution is 5.16. The lowest BCUT2D eigenvalue weighted by Gasteiger charge is -2.09. The highest BCUT2D eigenvalue weighted by Crippen LogP contribution is 2.15. The van der Waals surface area contributed by atoms with Gasteiger partial charge in [0.15, 0.2) is 0 Å². The standard InChI is InChI=1S/C7H6F2.C7H7F.C7H8.C6H5F.C6H12.C6H6.C5H10O.C4H8O2/c1-5-2-3-6(8)4-7(5)9;1-6-3-2-4-7(8)5-6;1-7-5-3-2-4-6-7;7-6-4-2-1-3-5-6;3*1-2-4-6-5-3-1;1-2-5-4-6-3-1/h2-4H,1H3;2-5H,1H3;2-6H,1H3;1-5H;1-6H2;1-6H;1-5H2;1-4H2. The molecule has 3 aliphatic rings. The Labute approximate surface area is 328 Å². The van der Waals surface area contributed by atoms with E-state index in [1.807, 2.05) is 67.6 Å². The van der Waals surface area contributed by atoms with Crippen molar-refractivity contribution in [1.82, 2.24) is 0 Å². The Morgan fingerprint density at radius 2 is 0.745 bits per heavy atom. The van der Waals surface area contributed by atoms with Crippen LogP contribution in [0.2, 0.25) is 0 Å². The summed E-state index contributed by atoms with van der Waals surface area (Å²) in [6, 6.07) is 40.2. The Kier molecular flexibility index (Phi) is 31.4. The predicted molar refractivity (Wildman–Crippen MR) is 220 cm³/mol. The SMILES string of the molecule is C1CCCCC1.C1CCOCC1.C1COCOC1.Cc1ccc(F)cc1F.Cc1cccc(F)c1.Cc1ccccc1.Fc1ccccc1.c1ccccc1. The van der Waals surface area contributed by atoms with Crippen LogP contribution in [-0.2, 0) is 14.2 Å². The van der Waals surface area contributed by atoms with Gasteiger partial charge in [-0.05, 0) is 87.9 Å². The molecule has 2 heterocycles. The average molecular weight is 763 g/mol. The van der Waals surface area contributed by atoms with Gasteiger partial charge in [0.25, 0.3) is 0 Å². The monoisotopic (exact) mass is 762 g/mol. The Hall–Kier alpha value is -4.30. The number of aryl methyl sites for hydroxylation is 3. The van der Waals surface area contributed by atoms with Crippen LogP contribution >= 0.6 is 0 Å². The van der Waals surface area contributed by atoms with Gasteiger partial charge in [-0.1, -0.05) is 147 Å². The smallest absolute Gasteiger partial charge is 0.146 e. The summed E-state index contributed by atoms with van der Waals surface area (Å²) in [7, 11) is 0. The summed E-state index contributed by atoms with van der Waals surface area (Å²) in [5, 5.41) is 0. The predicted octanol–water partition coefficient (Wildman–Crippen LogP) is 13.8. The molecule has 7 heteroatoms. The van der Waals surface area contributed by atoms with Gasteiger partial charge in [-0.2, -0.15) is 0 Å². The summed E-state index contributed by atoms with van der Waals surface area (Å²) < 4.78 is 63.3. The van der Waals surface area contributed by atoms with Crippen LogP contribution in [0, 0.1) is 44.0 Å². The minimum atomic E-state index is -0.530. The number of hydrogen-bond donors (Lipinski definition) is 0. The summed E-state index contributed by atoms with van der Waals surface area (Å²) in [5.74, 6) is -1.36. The van der Waals surface area contributed by atoms with Gasteiger partial charge in [0.2, 0.25) is 0 Å². The van der Waals surface area contributed by atoms with Gasteiger partial charge in [-0.3, -0.25) is 0 Å². The van der Waals surface area contributed by atoms with Crippen molar-refractivity contribution in [2.75, 3.05) is 33.2 Å². The molecule has 8 rings (SSSR count). The van der Waals surface area contributed by atoms with Crippen molar-refractivity contribution in [3.05, 3.63) is 179 Å². The van der Waals surface area contributed by atoms with Gasteiger partial charge in [0, 0.05) is 19.3 Å². The van der Waals surface area contributed by atoms with E-state index in [2.05, 4.69) is 19.1 Å². The van der Waals surface area contributed by atoms with E-state index >= 15 is 0 Å². The van der Waals surface area contributed by atoms with Gasteiger partial charge >= 0.3 is 0 Å². The van der Waals surface area contributed by atoms with Crippen molar-refractivity contribution in [3.63, 3.8) is 0 Å². The first kappa shape index (κ1) is 48.7. The maximum atomic E-state index is 12.3. The van der Waals surface area contributed by atoms with E-state index < -0.39 is 11.6 Å². The summed E-state index contributed by atoms with van der Waals surface area (Å²) in [6.07, 6.45) is 14.0. The second kappa shape index (κ2) is 35.4. The van der Waals surface area contributed by atoms with Gasteiger partial charge in [-0.25, -0.2) is 17.6 Å². The Morgan fingerprint density at radius 1 is 0.345 bits per heavy atom. The van der Waals surface area contributed by atoms with Crippen LogP contribution in [0.4, 0.5) is 17.6 Å². The van der Waals surface area contributed by atoms with Crippen molar-refractivity contribution < 1.29 is 31.8 Å². The zero-order valence-corrected chi connectivity index (χ0v) is 33.1. The number of hydrogen-bond acceptors (Lipinski definition) is 3. The van der Waals surface area contributed by atoms with Crippen LogP contribution < -0.4 is 0 Å². The van der Waals surface area contributed by atoms with Gasteiger partial charge < -0.3 is 14.2 Å². The molecule has 0 aromatic heterocycles. The van der Waals surface area contributed by atoms with E-state index in [-0.39, 0.29) is 11.6 Å². The molecular formula is C48H62F4O3. The lowest BCUT2D eigenvalue weighted by molar-refractivity contribution is -0.0963. The van der Waals surface area contributed by atoms with Crippen molar-refractivity contribution in [2.45, 2.75) is 85.0 Å². The van der Waals surface area contributed by atoms with Crippen LogP contribution in [-0.4, -0.2) is 33.2 Å². The van der Waals surface area contributed by atoms with Gasteiger partial charge in [-0.15, -0.1) is 0 Å². The first-order valence-corrected chi connectivity index (χ1v) is 19.4. The number of benzene rings is 5. The molecule has 5 aromatic rings. The van der Waals surface area contributed by atoms with E-state index in [0.29, 0.717) is 12.4 Å². The molecule has 0 bridgehead atoms. The van der Waals surface area contributed by atoms with Crippen molar-refractivity contribution >= 4 is 0 Å². The molecule has 0 atom stereocenters. The Morgan fingerprint density at radius 3 is 1.00 bits per heavy atom. The largest absolute Gasteiger partial charge is 0.381 e. The van der Waals surface area contributed by atoms with Crippen molar-refractivity contribution in [3.8, 4) is 0 Å². The quantitative estimate of drug-likeness (QED) is 0.147. The Balaban J connectivity index is 0.000000316. The maximum absolute atomic E-state index is 12.3. The van der Waals surface area contributed by atoms with E-state index in [9.17, 15) is 17.6 Å². The molecule has 2 saturated heterocycles. The third-order valence-electron chi connectivity index (χ3n) is 7.78. The Bertz CT molecular complexity index is 1380. The van der Waals surface area contributed by atoms with Crippen LogP contribution in [0.15, 0.2) is 140 Å². The van der Waals surface area contributed by atoms with Crippen molar-refractivity contribution in [1.29, 1.82) is 0 Å². The number of halogens is 4. The molecule has 3 fully saturated rings. The summed E-state index contributed by atoms with van der Waals surface area (Å²) in [5.41, 5.74) is 2.75. The van der Waals surface area contributed by atoms with E-state index in [0.717, 1.165) is 44.5 Å². The molecule has 55 heavy (non-hydrogen) atoms. The third-order valence-corrected chi connectivity index (χ3v) is 7.78.